The molecule has 0 radical (unpaired) electrons. The van der Waals surface area contributed by atoms with E-state index in [0.29, 0.717) is 49.0 Å². The van der Waals surface area contributed by atoms with Crippen molar-refractivity contribution >= 4 is 11.8 Å². The van der Waals surface area contributed by atoms with Crippen LogP contribution in [0.5, 0.6) is 11.5 Å². The summed E-state index contributed by atoms with van der Waals surface area (Å²) in [5.74, 6) is 1.64. The van der Waals surface area contributed by atoms with Crippen molar-refractivity contribution in [2.45, 2.75) is 25.4 Å². The highest BCUT2D eigenvalue weighted by Gasteiger charge is 2.24. The van der Waals surface area contributed by atoms with Crippen LogP contribution in [0.4, 0.5) is 0 Å². The molecule has 0 saturated carbocycles. The fraction of sp³-hybridized carbons (Fsp3) is 0.353. The first-order valence-electron chi connectivity index (χ1n) is 8.37. The first kappa shape index (κ1) is 16.4. The molecule has 2 aliphatic heterocycles. The van der Waals surface area contributed by atoms with Crippen molar-refractivity contribution < 1.29 is 23.6 Å². The van der Waals surface area contributed by atoms with Crippen LogP contribution in [0.1, 0.15) is 18.5 Å². The van der Waals surface area contributed by atoms with Crippen LogP contribution in [0.2, 0.25) is 0 Å². The summed E-state index contributed by atoms with van der Waals surface area (Å²) in [7, 11) is 0. The molecule has 9 heteroatoms. The number of carbonyl (C=O) groups is 2. The molecule has 1 atom stereocenters. The molecule has 0 spiro atoms. The van der Waals surface area contributed by atoms with Crippen LogP contribution in [0.25, 0.3) is 11.3 Å². The van der Waals surface area contributed by atoms with Crippen LogP contribution in [0, 0.1) is 0 Å². The largest absolute Gasteiger partial charge is 0.486 e. The van der Waals surface area contributed by atoms with Gasteiger partial charge in [-0.05, 0) is 24.6 Å². The van der Waals surface area contributed by atoms with Crippen molar-refractivity contribution in [3.63, 3.8) is 0 Å². The van der Waals surface area contributed by atoms with Gasteiger partial charge < -0.3 is 19.3 Å². The van der Waals surface area contributed by atoms with Crippen molar-refractivity contribution in [3.05, 3.63) is 30.0 Å². The van der Waals surface area contributed by atoms with Crippen molar-refractivity contribution in [1.82, 2.24) is 21.3 Å². The molecule has 9 nitrogen and oxygen atoms in total. The molecule has 2 aromatic rings. The summed E-state index contributed by atoms with van der Waals surface area (Å²) in [4.78, 5) is 23.2. The minimum atomic E-state index is -0.447. The van der Waals surface area contributed by atoms with Crippen molar-refractivity contribution in [2.75, 3.05) is 13.2 Å². The van der Waals surface area contributed by atoms with Crippen molar-refractivity contribution in [3.8, 4) is 22.8 Å². The Labute approximate surface area is 149 Å². The summed E-state index contributed by atoms with van der Waals surface area (Å²) in [5, 5.41) is 6.76. The predicted octanol–water partition coefficient (Wildman–Crippen LogP) is 0.512. The molecule has 0 aliphatic carbocycles. The maximum atomic E-state index is 12.1. The third-order valence-electron chi connectivity index (χ3n) is 4.19. The number of hydrazine groups is 1. The Hall–Kier alpha value is -3.07. The van der Waals surface area contributed by atoms with Gasteiger partial charge in [0.1, 0.15) is 24.9 Å². The van der Waals surface area contributed by atoms with Gasteiger partial charge in [-0.15, -0.1) is 0 Å². The zero-order chi connectivity index (χ0) is 17.9. The SMILES string of the molecule is O=C1CCC(C(=O)NCc2cc(-c3ccc4c(c3)OCCO4)on2)NN1. The number of nitrogens with zero attached hydrogens (tertiary/aromatic N) is 1. The molecular formula is C17H18N4O5. The number of hydrogen-bond acceptors (Lipinski definition) is 7. The van der Waals surface area contributed by atoms with E-state index in [0.717, 1.165) is 5.56 Å². The quantitative estimate of drug-likeness (QED) is 0.729. The number of nitrogens with one attached hydrogen (secondary N) is 3. The molecule has 1 fully saturated rings. The van der Waals surface area contributed by atoms with E-state index in [4.69, 9.17) is 14.0 Å². The van der Waals surface area contributed by atoms with Gasteiger partial charge in [0.2, 0.25) is 11.8 Å². The fourth-order valence-corrected chi connectivity index (χ4v) is 2.80. The first-order valence-corrected chi connectivity index (χ1v) is 8.37. The molecule has 4 rings (SSSR count). The van der Waals surface area contributed by atoms with Gasteiger partial charge >= 0.3 is 0 Å². The molecule has 2 amide bonds. The standard InChI is InChI=1S/C17H18N4O5/c22-16-4-2-12(19-20-16)17(23)18-9-11-8-14(26-21-11)10-1-3-13-15(7-10)25-6-5-24-13/h1,3,7-8,12,19H,2,4-6,9H2,(H,18,23)(H,20,22). The lowest BCUT2D eigenvalue weighted by atomic mass is 10.1. The van der Waals surface area contributed by atoms with Gasteiger partial charge in [0, 0.05) is 18.1 Å². The molecule has 136 valence electrons. The van der Waals surface area contributed by atoms with E-state index < -0.39 is 6.04 Å². The number of amides is 2. The molecule has 0 bridgehead atoms. The second kappa shape index (κ2) is 7.04. The topological polar surface area (TPSA) is 115 Å². The van der Waals surface area contributed by atoms with Gasteiger partial charge in [0.25, 0.3) is 0 Å². The number of rotatable bonds is 4. The van der Waals surface area contributed by atoms with E-state index >= 15 is 0 Å². The molecule has 1 aromatic heterocycles. The lowest BCUT2D eigenvalue weighted by molar-refractivity contribution is -0.129. The normalized spacial score (nSPS) is 18.9. The van der Waals surface area contributed by atoms with Gasteiger partial charge in [-0.25, -0.2) is 5.43 Å². The molecule has 1 unspecified atom stereocenters. The van der Waals surface area contributed by atoms with Gasteiger partial charge in [0.05, 0.1) is 6.54 Å². The number of carbonyl (C=O) groups excluding carboxylic acids is 2. The molecule has 1 saturated heterocycles. The van der Waals surface area contributed by atoms with Gasteiger partial charge in [-0.3, -0.25) is 15.0 Å². The molecule has 1 aromatic carbocycles. The van der Waals surface area contributed by atoms with Crippen LogP contribution in [-0.2, 0) is 16.1 Å². The lowest BCUT2D eigenvalue weighted by Gasteiger charge is -2.22. The fourth-order valence-electron chi connectivity index (χ4n) is 2.80. The highest BCUT2D eigenvalue weighted by molar-refractivity contribution is 5.85. The summed E-state index contributed by atoms with van der Waals surface area (Å²) >= 11 is 0. The van der Waals surface area contributed by atoms with Crippen LogP contribution < -0.4 is 25.6 Å². The maximum absolute atomic E-state index is 12.1. The Morgan fingerprint density at radius 3 is 2.88 bits per heavy atom. The first-order chi connectivity index (χ1) is 12.7. The summed E-state index contributed by atoms with van der Waals surface area (Å²) in [6.07, 6.45) is 0.780. The molecule has 26 heavy (non-hydrogen) atoms. The Morgan fingerprint density at radius 2 is 2.08 bits per heavy atom. The molecule has 3 N–H and O–H groups in total. The third kappa shape index (κ3) is 3.47. The average molecular weight is 358 g/mol. The summed E-state index contributed by atoms with van der Waals surface area (Å²) < 4.78 is 16.4. The van der Waals surface area contributed by atoms with Crippen LogP contribution in [0.15, 0.2) is 28.8 Å². The van der Waals surface area contributed by atoms with Crippen LogP contribution >= 0.6 is 0 Å². The maximum Gasteiger partial charge on any atom is 0.239 e. The van der Waals surface area contributed by atoms with E-state index in [2.05, 4.69) is 21.3 Å². The highest BCUT2D eigenvalue weighted by Crippen LogP contribution is 2.34. The summed E-state index contributed by atoms with van der Waals surface area (Å²) in [6.45, 7) is 1.29. The van der Waals surface area contributed by atoms with E-state index in [9.17, 15) is 9.59 Å². The number of aromatic nitrogens is 1. The second-order valence-corrected chi connectivity index (χ2v) is 6.04. The Bertz CT molecular complexity index is 824. The van der Waals surface area contributed by atoms with E-state index in [-0.39, 0.29) is 18.4 Å². The second-order valence-electron chi connectivity index (χ2n) is 6.04. The molecular weight excluding hydrogens is 340 g/mol. The summed E-state index contributed by atoms with van der Waals surface area (Å²) in [6, 6.07) is 6.85. The van der Waals surface area contributed by atoms with Gasteiger partial charge in [0.15, 0.2) is 17.3 Å². The average Bonchev–Trinajstić information content (AvgIpc) is 3.15. The van der Waals surface area contributed by atoms with Gasteiger partial charge in [-0.2, -0.15) is 0 Å². The smallest absolute Gasteiger partial charge is 0.239 e. The van der Waals surface area contributed by atoms with Crippen LogP contribution in [-0.4, -0.2) is 36.2 Å². The molecule has 2 aliphatic rings. The minimum Gasteiger partial charge on any atom is -0.486 e. The monoisotopic (exact) mass is 358 g/mol. The van der Waals surface area contributed by atoms with E-state index in [1.54, 1.807) is 6.07 Å². The molecule has 3 heterocycles. The minimum absolute atomic E-state index is 0.116. The van der Waals surface area contributed by atoms with Crippen molar-refractivity contribution in [2.24, 2.45) is 0 Å². The number of hydrogen-bond donors (Lipinski definition) is 3. The van der Waals surface area contributed by atoms with Crippen LogP contribution in [0.3, 0.4) is 0 Å². The zero-order valence-corrected chi connectivity index (χ0v) is 13.9. The lowest BCUT2D eigenvalue weighted by Crippen LogP contribution is -2.55. The number of benzene rings is 1. The number of ether oxygens (including phenoxy) is 2. The Balaban J connectivity index is 1.37. The third-order valence-corrected chi connectivity index (χ3v) is 4.19. The van der Waals surface area contributed by atoms with E-state index in [1.165, 1.54) is 0 Å². The zero-order valence-electron chi connectivity index (χ0n) is 13.9. The summed E-state index contributed by atoms with van der Waals surface area (Å²) in [5.41, 5.74) is 6.56. The highest BCUT2D eigenvalue weighted by atomic mass is 16.6. The van der Waals surface area contributed by atoms with Crippen molar-refractivity contribution in [1.29, 1.82) is 0 Å². The predicted molar refractivity (Wildman–Crippen MR) is 89.1 cm³/mol. The Kier molecular flexibility index (Phi) is 4.44. The van der Waals surface area contributed by atoms with Gasteiger partial charge in [-0.1, -0.05) is 5.16 Å². The number of fused-ring (bicyclic) bond motifs is 1. The van der Waals surface area contributed by atoms with E-state index in [1.807, 2.05) is 18.2 Å². The Morgan fingerprint density at radius 1 is 1.23 bits per heavy atom.